The fourth-order valence-corrected chi connectivity index (χ4v) is 4.69. The number of aliphatic hydroxyl groups is 1. The van der Waals surface area contributed by atoms with Crippen LogP contribution >= 0.6 is 11.6 Å². The van der Waals surface area contributed by atoms with E-state index in [2.05, 4.69) is 19.3 Å². The van der Waals surface area contributed by atoms with E-state index >= 15 is 0 Å². The van der Waals surface area contributed by atoms with Gasteiger partial charge in [-0.3, -0.25) is 4.79 Å². The molecule has 4 atom stereocenters. The molecule has 1 amide bonds. The average molecular weight is 559 g/mol. The summed E-state index contributed by atoms with van der Waals surface area (Å²) in [5, 5.41) is 9.90. The van der Waals surface area contributed by atoms with Crippen molar-refractivity contribution in [3.05, 3.63) is 46.0 Å². The van der Waals surface area contributed by atoms with E-state index in [1.54, 1.807) is 0 Å². The Morgan fingerprint density at radius 2 is 1.92 bits per heavy atom. The molecule has 5 rings (SSSR count). The lowest BCUT2D eigenvalue weighted by atomic mass is 10.1. The van der Waals surface area contributed by atoms with Gasteiger partial charge in [0.2, 0.25) is 5.88 Å². The third kappa shape index (κ3) is 5.38. The quantitative estimate of drug-likeness (QED) is 0.465. The van der Waals surface area contributed by atoms with Crippen molar-refractivity contribution in [2.24, 2.45) is 4.36 Å². The molecule has 0 saturated carbocycles. The van der Waals surface area contributed by atoms with Crippen molar-refractivity contribution in [3.63, 3.8) is 0 Å². The molecule has 0 spiro atoms. The summed E-state index contributed by atoms with van der Waals surface area (Å²) in [5.41, 5.74) is -0.261. The molecule has 2 saturated heterocycles. The Morgan fingerprint density at radius 1 is 1.22 bits per heavy atom. The van der Waals surface area contributed by atoms with E-state index in [4.69, 9.17) is 30.5 Å². The van der Waals surface area contributed by atoms with E-state index in [1.165, 1.54) is 18.6 Å². The number of carbonyl (C=O) groups is 1. The molecule has 2 N–H and O–H groups in total. The first kappa shape index (κ1) is 25.7. The smallest absolute Gasteiger partial charge is 0.296 e. The van der Waals surface area contributed by atoms with Crippen molar-refractivity contribution in [1.29, 1.82) is 0 Å². The molecule has 37 heavy (non-hydrogen) atoms. The van der Waals surface area contributed by atoms with Crippen LogP contribution in [-0.4, -0.2) is 80.3 Å². The van der Waals surface area contributed by atoms with Gasteiger partial charge >= 0.3 is 0 Å². The van der Waals surface area contributed by atoms with Crippen molar-refractivity contribution < 1.29 is 41.8 Å². The largest absolute Gasteiger partial charge is 0.471 e. The number of benzene rings is 1. The zero-order chi connectivity index (χ0) is 26.5. The van der Waals surface area contributed by atoms with Gasteiger partial charge in [-0.05, 0) is 18.2 Å². The summed E-state index contributed by atoms with van der Waals surface area (Å²) in [6, 6.07) is 3.16. The fraction of sp³-hybridized carbons (Fsp3) is 0.409. The molecular weight excluding hydrogens is 538 g/mol. The number of amides is 1. The highest BCUT2D eigenvalue weighted by Gasteiger charge is 2.48. The first-order chi connectivity index (χ1) is 17.5. The monoisotopic (exact) mass is 558 g/mol. The number of hydrogen-bond acceptors (Lipinski definition) is 9. The number of aliphatic hydroxyl groups excluding tert-OH is 1. The number of imidazole rings is 1. The maximum Gasteiger partial charge on any atom is 0.296 e. The first-order valence-electron chi connectivity index (χ1n) is 10.9. The summed E-state index contributed by atoms with van der Waals surface area (Å²) in [4.78, 5) is 23.4. The number of fused-ring (bicyclic) bond motifs is 2. The standard InChI is InChI=1S/C22H21ClF2N4O7S/c1-37(2,32)29-20(31)9-3-12(24)10(13(25)4-9)6-35-21-11(23)5-14-19(27-21)28-22(26-14)36-16-8-34-17-15(30)7-33-18(16)17/h3-5,15-18,30H,6-8H2,1-2H3,(H,26,27,28)/t15-,16-,17-,18-/m1/s1. The fourth-order valence-electron chi connectivity index (χ4n) is 3.98. The lowest BCUT2D eigenvalue weighted by molar-refractivity contribution is 0.00706. The average Bonchev–Trinajstić information content (AvgIpc) is 3.48. The summed E-state index contributed by atoms with van der Waals surface area (Å²) in [6.07, 6.45) is 0.340. The van der Waals surface area contributed by atoms with Gasteiger partial charge in [-0.1, -0.05) is 11.6 Å². The van der Waals surface area contributed by atoms with E-state index in [1.807, 2.05) is 0 Å². The Kier molecular flexibility index (Phi) is 6.79. The third-order valence-corrected chi connectivity index (χ3v) is 6.54. The highest BCUT2D eigenvalue weighted by molar-refractivity contribution is 7.92. The van der Waals surface area contributed by atoms with Crippen LogP contribution in [0.5, 0.6) is 11.9 Å². The summed E-state index contributed by atoms with van der Waals surface area (Å²) in [7, 11) is -2.79. The van der Waals surface area contributed by atoms with Gasteiger partial charge in [-0.15, -0.1) is 0 Å². The third-order valence-electron chi connectivity index (χ3n) is 5.66. The molecule has 0 unspecified atom stereocenters. The summed E-state index contributed by atoms with van der Waals surface area (Å²) >= 11 is 6.23. The lowest BCUT2D eigenvalue weighted by Crippen LogP contribution is -2.34. The van der Waals surface area contributed by atoms with Crippen molar-refractivity contribution in [1.82, 2.24) is 15.0 Å². The maximum absolute atomic E-state index is 14.6. The van der Waals surface area contributed by atoms with Crippen LogP contribution in [0.1, 0.15) is 15.9 Å². The Labute approximate surface area is 214 Å². The van der Waals surface area contributed by atoms with Crippen LogP contribution in [0, 0.1) is 11.6 Å². The Morgan fingerprint density at radius 3 is 2.62 bits per heavy atom. The molecule has 3 aromatic rings. The van der Waals surface area contributed by atoms with Gasteiger partial charge in [0, 0.05) is 27.8 Å². The Hall–Kier alpha value is -2.91. The second kappa shape index (κ2) is 9.76. The van der Waals surface area contributed by atoms with Crippen molar-refractivity contribution in [2.75, 3.05) is 25.7 Å². The van der Waals surface area contributed by atoms with Gasteiger partial charge in [0.15, 0.2) is 11.8 Å². The minimum absolute atomic E-state index is 0.0429. The number of halogens is 3. The van der Waals surface area contributed by atoms with E-state index in [9.17, 15) is 22.9 Å². The van der Waals surface area contributed by atoms with Gasteiger partial charge in [-0.2, -0.15) is 14.3 Å². The van der Waals surface area contributed by atoms with Crippen LogP contribution < -0.4 is 9.47 Å². The molecule has 1 aromatic carbocycles. The van der Waals surface area contributed by atoms with Crippen LogP contribution in [0.15, 0.2) is 22.6 Å². The molecule has 2 aliphatic rings. The van der Waals surface area contributed by atoms with E-state index < -0.39 is 63.9 Å². The van der Waals surface area contributed by atoms with Crippen LogP contribution in [-0.2, 0) is 25.8 Å². The molecule has 15 heteroatoms. The van der Waals surface area contributed by atoms with Gasteiger partial charge < -0.3 is 29.0 Å². The predicted molar refractivity (Wildman–Crippen MR) is 126 cm³/mol. The first-order valence-corrected chi connectivity index (χ1v) is 13.7. The molecule has 0 bridgehead atoms. The second-order valence-corrected chi connectivity index (χ2v) is 11.7. The molecule has 198 valence electrons. The van der Waals surface area contributed by atoms with Gasteiger partial charge in [0.1, 0.15) is 41.6 Å². The van der Waals surface area contributed by atoms with Gasteiger partial charge in [0.05, 0.1) is 24.3 Å². The molecule has 0 radical (unpaired) electrons. The number of nitrogens with one attached hydrogen (secondary N) is 1. The number of nitrogens with zero attached hydrogens (tertiary/aromatic N) is 3. The number of carbonyl (C=O) groups excluding carboxylic acids is 1. The highest BCUT2D eigenvalue weighted by Crippen LogP contribution is 2.31. The number of ether oxygens (including phenoxy) is 4. The van der Waals surface area contributed by atoms with E-state index in [0.29, 0.717) is 5.52 Å². The van der Waals surface area contributed by atoms with Crippen molar-refractivity contribution in [3.8, 4) is 11.9 Å². The predicted octanol–water partition coefficient (Wildman–Crippen LogP) is 2.24. The summed E-state index contributed by atoms with van der Waals surface area (Å²) in [6.45, 7) is -0.227. The molecule has 2 fully saturated rings. The number of aromatic nitrogens is 3. The van der Waals surface area contributed by atoms with E-state index in [0.717, 1.165) is 12.1 Å². The highest BCUT2D eigenvalue weighted by atomic mass is 35.5. The van der Waals surface area contributed by atoms with Crippen molar-refractivity contribution in [2.45, 2.75) is 31.0 Å². The normalized spacial score (nSPS) is 23.3. The number of rotatable bonds is 6. The minimum atomic E-state index is -2.79. The van der Waals surface area contributed by atoms with E-state index in [-0.39, 0.29) is 41.3 Å². The lowest BCUT2D eigenvalue weighted by Gasteiger charge is -2.15. The molecule has 2 aliphatic heterocycles. The molecule has 4 heterocycles. The van der Waals surface area contributed by atoms with Crippen LogP contribution in [0.25, 0.3) is 11.2 Å². The zero-order valence-corrected chi connectivity index (χ0v) is 21.0. The minimum Gasteiger partial charge on any atom is -0.471 e. The number of pyridine rings is 1. The molecule has 2 aromatic heterocycles. The maximum atomic E-state index is 14.6. The zero-order valence-electron chi connectivity index (χ0n) is 19.4. The van der Waals surface area contributed by atoms with Crippen LogP contribution in [0.3, 0.4) is 0 Å². The SMILES string of the molecule is CS(C)(=O)=NC(=O)c1cc(F)c(COc2nc3nc(O[C@@H]4CO[C@H]5[C@@H]4OC[C@H]5O)[nH]c3cc2Cl)c(F)c1. The molecular formula is C22H21ClF2N4O7S. The van der Waals surface area contributed by atoms with Gasteiger partial charge in [0.25, 0.3) is 11.9 Å². The topological polar surface area (TPSA) is 145 Å². The number of H-pyrrole nitrogens is 1. The molecule has 11 nitrogen and oxygen atoms in total. The second-order valence-electron chi connectivity index (χ2n) is 8.79. The van der Waals surface area contributed by atoms with Crippen LogP contribution in [0.4, 0.5) is 8.78 Å². The van der Waals surface area contributed by atoms with Crippen LogP contribution in [0.2, 0.25) is 5.02 Å². The molecule has 0 aliphatic carbocycles. The number of aromatic amines is 1. The Balaban J connectivity index is 1.31. The van der Waals surface area contributed by atoms with Gasteiger partial charge in [-0.25, -0.2) is 13.0 Å². The number of hydrogen-bond donors (Lipinski definition) is 2. The summed E-state index contributed by atoms with van der Waals surface area (Å²) in [5.74, 6) is -3.24. The summed E-state index contributed by atoms with van der Waals surface area (Å²) < 4.78 is 66.6. The van der Waals surface area contributed by atoms with Crippen molar-refractivity contribution >= 4 is 38.4 Å². The Bertz CT molecular complexity index is 1480.